The zero-order chi connectivity index (χ0) is 18.1. The highest BCUT2D eigenvalue weighted by Gasteiger charge is 2.27. The smallest absolute Gasteiger partial charge is 0.255 e. The Kier molecular flexibility index (Phi) is 4.54. The Balaban J connectivity index is 1.54. The Morgan fingerprint density at radius 2 is 1.69 bits per heavy atom. The molecule has 2 aromatic carbocycles. The van der Waals surface area contributed by atoms with Crippen LogP contribution in [0, 0.1) is 0 Å². The quantitative estimate of drug-likeness (QED) is 0.899. The number of sulfonamides is 1. The maximum atomic E-state index is 12.7. The van der Waals surface area contributed by atoms with Crippen molar-refractivity contribution in [3.8, 4) is 0 Å². The van der Waals surface area contributed by atoms with Crippen LogP contribution in [0.15, 0.2) is 47.4 Å². The third-order valence-corrected chi connectivity index (χ3v) is 7.05. The van der Waals surface area contributed by atoms with Crippen molar-refractivity contribution in [1.29, 1.82) is 0 Å². The molecule has 26 heavy (non-hydrogen) atoms. The number of hydrogen-bond donors (Lipinski definition) is 1. The van der Waals surface area contributed by atoms with Gasteiger partial charge in [-0.3, -0.25) is 4.79 Å². The number of nitrogens with one attached hydrogen (secondary N) is 1. The minimum absolute atomic E-state index is 0.213. The van der Waals surface area contributed by atoms with Crippen LogP contribution in [0.2, 0.25) is 0 Å². The van der Waals surface area contributed by atoms with Crippen LogP contribution in [0.4, 0.5) is 5.69 Å². The number of nitrogens with zero attached hydrogens (tertiary/aromatic N) is 1. The molecular formula is C20H22N2O3S. The number of anilines is 1. The van der Waals surface area contributed by atoms with Crippen molar-refractivity contribution in [2.24, 2.45) is 0 Å². The number of carbonyl (C=O) groups is 1. The first kappa shape index (κ1) is 17.2. The second-order valence-electron chi connectivity index (χ2n) is 6.93. The lowest BCUT2D eigenvalue weighted by Crippen LogP contribution is -2.27. The molecule has 0 bridgehead atoms. The second-order valence-corrected chi connectivity index (χ2v) is 8.87. The zero-order valence-corrected chi connectivity index (χ0v) is 15.4. The Labute approximate surface area is 154 Å². The van der Waals surface area contributed by atoms with E-state index < -0.39 is 10.0 Å². The van der Waals surface area contributed by atoms with Gasteiger partial charge >= 0.3 is 0 Å². The molecule has 1 saturated heterocycles. The fourth-order valence-corrected chi connectivity index (χ4v) is 5.29. The average Bonchev–Trinajstić information content (AvgIpc) is 3.33. The van der Waals surface area contributed by atoms with Crippen molar-refractivity contribution in [1.82, 2.24) is 4.31 Å². The third kappa shape index (κ3) is 3.27. The van der Waals surface area contributed by atoms with E-state index in [4.69, 9.17) is 0 Å². The first-order chi connectivity index (χ1) is 12.5. The van der Waals surface area contributed by atoms with Crippen LogP contribution in [0.5, 0.6) is 0 Å². The Morgan fingerprint density at radius 1 is 0.923 bits per heavy atom. The highest BCUT2D eigenvalue weighted by Crippen LogP contribution is 2.25. The molecule has 0 unspecified atom stereocenters. The van der Waals surface area contributed by atoms with Gasteiger partial charge in [-0.25, -0.2) is 8.42 Å². The summed E-state index contributed by atoms with van der Waals surface area (Å²) >= 11 is 0. The molecule has 4 rings (SSSR count). The van der Waals surface area contributed by atoms with Gasteiger partial charge in [0.1, 0.15) is 0 Å². The number of aryl methyl sites for hydroxylation is 2. The molecule has 2 aliphatic rings. The summed E-state index contributed by atoms with van der Waals surface area (Å²) in [6, 6.07) is 12.3. The molecule has 0 aromatic heterocycles. The number of benzene rings is 2. The lowest BCUT2D eigenvalue weighted by Gasteiger charge is -2.16. The van der Waals surface area contributed by atoms with Crippen LogP contribution in [-0.2, 0) is 22.9 Å². The molecule has 0 radical (unpaired) electrons. The van der Waals surface area contributed by atoms with Crippen molar-refractivity contribution in [3.05, 3.63) is 59.2 Å². The van der Waals surface area contributed by atoms with Crippen LogP contribution in [0.3, 0.4) is 0 Å². The fraction of sp³-hybridized carbons (Fsp3) is 0.350. The van der Waals surface area contributed by atoms with Crippen molar-refractivity contribution < 1.29 is 13.2 Å². The Hall–Kier alpha value is -2.18. The maximum Gasteiger partial charge on any atom is 0.255 e. The summed E-state index contributed by atoms with van der Waals surface area (Å²) in [5.41, 5.74) is 3.66. The molecule has 1 fully saturated rings. The van der Waals surface area contributed by atoms with E-state index in [-0.39, 0.29) is 10.8 Å². The lowest BCUT2D eigenvalue weighted by atomic mass is 10.1. The van der Waals surface area contributed by atoms with Crippen molar-refractivity contribution in [2.45, 2.75) is 37.0 Å². The number of carbonyl (C=O) groups excluding carboxylic acids is 1. The van der Waals surface area contributed by atoms with E-state index in [2.05, 4.69) is 5.32 Å². The van der Waals surface area contributed by atoms with Crippen LogP contribution in [-0.4, -0.2) is 31.7 Å². The zero-order valence-electron chi connectivity index (χ0n) is 14.6. The molecular weight excluding hydrogens is 348 g/mol. The molecule has 1 aliphatic heterocycles. The molecule has 1 aliphatic carbocycles. The van der Waals surface area contributed by atoms with E-state index in [1.54, 1.807) is 24.3 Å². The SMILES string of the molecule is O=C(Nc1cccc(S(=O)(=O)N2CCCC2)c1)c1ccc2c(c1)CCC2. The molecule has 1 N–H and O–H groups in total. The van der Waals surface area contributed by atoms with Gasteiger partial charge in [0.25, 0.3) is 5.91 Å². The summed E-state index contributed by atoms with van der Waals surface area (Å²) in [6.07, 6.45) is 5.02. The van der Waals surface area contributed by atoms with Crippen LogP contribution >= 0.6 is 0 Å². The Bertz CT molecular complexity index is 947. The van der Waals surface area contributed by atoms with E-state index >= 15 is 0 Å². The van der Waals surface area contributed by atoms with Gasteiger partial charge < -0.3 is 5.32 Å². The first-order valence-electron chi connectivity index (χ1n) is 9.07. The van der Waals surface area contributed by atoms with Gasteiger partial charge in [0, 0.05) is 24.3 Å². The summed E-state index contributed by atoms with van der Waals surface area (Å²) in [7, 11) is -3.49. The van der Waals surface area contributed by atoms with Gasteiger partial charge in [-0.1, -0.05) is 12.1 Å². The monoisotopic (exact) mass is 370 g/mol. The van der Waals surface area contributed by atoms with E-state index in [1.165, 1.54) is 15.4 Å². The predicted molar refractivity (Wildman–Crippen MR) is 101 cm³/mol. The molecule has 5 nitrogen and oxygen atoms in total. The van der Waals surface area contributed by atoms with Crippen LogP contribution in [0.25, 0.3) is 0 Å². The predicted octanol–water partition coefficient (Wildman–Crippen LogP) is 3.21. The topological polar surface area (TPSA) is 66.5 Å². The average molecular weight is 370 g/mol. The van der Waals surface area contributed by atoms with Gasteiger partial charge in [0.05, 0.1) is 4.90 Å². The van der Waals surface area contributed by atoms with Crippen molar-refractivity contribution in [3.63, 3.8) is 0 Å². The summed E-state index contributed by atoms with van der Waals surface area (Å²) in [6.45, 7) is 1.13. The molecule has 1 amide bonds. The van der Waals surface area contributed by atoms with Gasteiger partial charge in [0.15, 0.2) is 0 Å². The van der Waals surface area contributed by atoms with E-state index in [9.17, 15) is 13.2 Å². The van der Waals surface area contributed by atoms with Gasteiger partial charge in [-0.05, 0) is 73.6 Å². The van der Waals surface area contributed by atoms with Gasteiger partial charge in [0.2, 0.25) is 10.0 Å². The molecule has 0 atom stereocenters. The highest BCUT2D eigenvalue weighted by atomic mass is 32.2. The largest absolute Gasteiger partial charge is 0.322 e. The summed E-state index contributed by atoms with van der Waals surface area (Å²) in [5, 5.41) is 2.83. The van der Waals surface area contributed by atoms with Crippen LogP contribution in [0.1, 0.15) is 40.7 Å². The standard InChI is InChI=1S/C20H22N2O3S/c23-20(17-10-9-15-5-3-6-16(15)13-17)21-18-7-4-8-19(14-18)26(24,25)22-11-1-2-12-22/h4,7-10,13-14H,1-3,5-6,11-12H2,(H,21,23). The summed E-state index contributed by atoms with van der Waals surface area (Å²) < 4.78 is 26.9. The maximum absolute atomic E-state index is 12.7. The molecule has 0 spiro atoms. The molecule has 136 valence electrons. The van der Waals surface area contributed by atoms with E-state index in [0.29, 0.717) is 24.3 Å². The number of fused-ring (bicyclic) bond motifs is 1. The Morgan fingerprint density at radius 3 is 2.50 bits per heavy atom. The van der Waals surface area contributed by atoms with Crippen molar-refractivity contribution in [2.75, 3.05) is 18.4 Å². The highest BCUT2D eigenvalue weighted by molar-refractivity contribution is 7.89. The normalized spacial score (nSPS) is 17.2. The van der Waals surface area contributed by atoms with Gasteiger partial charge in [-0.15, -0.1) is 0 Å². The number of amides is 1. The number of hydrogen-bond acceptors (Lipinski definition) is 3. The lowest BCUT2D eigenvalue weighted by molar-refractivity contribution is 0.102. The van der Waals surface area contributed by atoms with E-state index in [1.807, 2.05) is 18.2 Å². The number of rotatable bonds is 4. The minimum atomic E-state index is -3.49. The van der Waals surface area contributed by atoms with E-state index in [0.717, 1.165) is 32.1 Å². The van der Waals surface area contributed by atoms with Gasteiger partial charge in [-0.2, -0.15) is 4.31 Å². The fourth-order valence-electron chi connectivity index (χ4n) is 3.73. The minimum Gasteiger partial charge on any atom is -0.322 e. The second kappa shape index (κ2) is 6.85. The molecule has 1 heterocycles. The van der Waals surface area contributed by atoms with Crippen molar-refractivity contribution >= 4 is 21.6 Å². The summed E-state index contributed by atoms with van der Waals surface area (Å²) in [4.78, 5) is 12.8. The molecule has 2 aromatic rings. The first-order valence-corrected chi connectivity index (χ1v) is 10.5. The summed E-state index contributed by atoms with van der Waals surface area (Å²) in [5.74, 6) is -0.213. The van der Waals surface area contributed by atoms with Crippen LogP contribution < -0.4 is 5.32 Å². The molecule has 6 heteroatoms. The molecule has 0 saturated carbocycles. The third-order valence-electron chi connectivity index (χ3n) is 5.16.